The van der Waals surface area contributed by atoms with Crippen molar-refractivity contribution in [2.24, 2.45) is 0 Å². The zero-order chi connectivity index (χ0) is 12.3. The quantitative estimate of drug-likeness (QED) is 0.877. The Balaban J connectivity index is 2.07. The molecule has 2 rings (SSSR count). The van der Waals surface area contributed by atoms with Crippen molar-refractivity contribution < 1.29 is 4.42 Å². The Morgan fingerprint density at radius 1 is 1.18 bits per heavy atom. The van der Waals surface area contributed by atoms with Crippen LogP contribution in [0.15, 0.2) is 28.7 Å². The smallest absolute Gasteiger partial charge is 0.294 e. The summed E-state index contributed by atoms with van der Waals surface area (Å²) in [6.07, 6.45) is 1.92. The summed E-state index contributed by atoms with van der Waals surface area (Å²) in [7, 11) is 1.82. The van der Waals surface area contributed by atoms with Gasteiger partial charge in [0, 0.05) is 7.05 Å². The van der Waals surface area contributed by atoms with E-state index < -0.39 is 0 Å². The Hall–Kier alpha value is -1.77. The second-order valence-electron chi connectivity index (χ2n) is 4.20. The van der Waals surface area contributed by atoms with E-state index >= 15 is 0 Å². The highest BCUT2D eigenvalue weighted by Crippen LogP contribution is 2.17. The maximum absolute atomic E-state index is 5.46. The van der Waals surface area contributed by atoms with Crippen LogP contribution in [0.5, 0.6) is 0 Å². The molecule has 2 aromatic rings. The van der Waals surface area contributed by atoms with Gasteiger partial charge in [0.2, 0.25) is 0 Å². The van der Waals surface area contributed by atoms with Crippen LogP contribution < -0.4 is 5.32 Å². The standard InChI is InChI=1S/C14H18N2O/c1-10-6-4-5-7-12(10)8-9-13-11(2)17-14(15-3)16-13/h4-7H,8-9H2,1-3H3,(H,15,16). The first-order chi connectivity index (χ1) is 8.20. The maximum atomic E-state index is 5.46. The lowest BCUT2D eigenvalue weighted by Gasteiger charge is -2.03. The van der Waals surface area contributed by atoms with Crippen LogP contribution in [0.1, 0.15) is 22.6 Å². The fourth-order valence-corrected chi connectivity index (χ4v) is 1.91. The molecular formula is C14H18N2O. The van der Waals surface area contributed by atoms with Crippen molar-refractivity contribution in [1.29, 1.82) is 0 Å². The molecular weight excluding hydrogens is 212 g/mol. The maximum Gasteiger partial charge on any atom is 0.294 e. The van der Waals surface area contributed by atoms with Gasteiger partial charge in [0.25, 0.3) is 6.01 Å². The molecule has 0 saturated heterocycles. The predicted molar refractivity (Wildman–Crippen MR) is 69.4 cm³/mol. The molecule has 0 aliphatic carbocycles. The summed E-state index contributed by atoms with van der Waals surface area (Å²) < 4.78 is 5.46. The third-order valence-corrected chi connectivity index (χ3v) is 3.00. The van der Waals surface area contributed by atoms with Gasteiger partial charge < -0.3 is 9.73 Å². The van der Waals surface area contributed by atoms with Gasteiger partial charge >= 0.3 is 0 Å². The van der Waals surface area contributed by atoms with Crippen LogP contribution in [0, 0.1) is 13.8 Å². The van der Waals surface area contributed by atoms with Crippen molar-refractivity contribution in [3.63, 3.8) is 0 Å². The molecule has 0 radical (unpaired) electrons. The van der Waals surface area contributed by atoms with E-state index in [0.717, 1.165) is 24.3 Å². The molecule has 3 heteroatoms. The molecule has 90 valence electrons. The van der Waals surface area contributed by atoms with Crippen molar-refractivity contribution >= 4 is 6.01 Å². The second kappa shape index (κ2) is 5.04. The molecule has 1 N–H and O–H groups in total. The highest BCUT2D eigenvalue weighted by molar-refractivity contribution is 5.28. The summed E-state index contributed by atoms with van der Waals surface area (Å²) in [6, 6.07) is 9.06. The number of aryl methyl sites for hydroxylation is 4. The van der Waals surface area contributed by atoms with Crippen molar-refractivity contribution in [3.05, 3.63) is 46.8 Å². The average Bonchev–Trinajstić information content (AvgIpc) is 2.69. The van der Waals surface area contributed by atoms with Crippen molar-refractivity contribution in [3.8, 4) is 0 Å². The first-order valence-electron chi connectivity index (χ1n) is 5.89. The van der Waals surface area contributed by atoms with Crippen LogP contribution in [0.3, 0.4) is 0 Å². The lowest BCUT2D eigenvalue weighted by Crippen LogP contribution is -1.96. The number of hydrogen-bond acceptors (Lipinski definition) is 3. The predicted octanol–water partition coefficient (Wildman–Crippen LogP) is 3.12. The molecule has 0 atom stereocenters. The molecule has 0 fully saturated rings. The zero-order valence-corrected chi connectivity index (χ0v) is 10.6. The third kappa shape index (κ3) is 2.67. The molecule has 0 bridgehead atoms. The molecule has 3 nitrogen and oxygen atoms in total. The van der Waals surface area contributed by atoms with Crippen LogP contribution in [0.4, 0.5) is 6.01 Å². The molecule has 1 aromatic heterocycles. The fraction of sp³-hybridized carbons (Fsp3) is 0.357. The zero-order valence-electron chi connectivity index (χ0n) is 10.6. The van der Waals surface area contributed by atoms with Gasteiger partial charge in [-0.3, -0.25) is 0 Å². The fourth-order valence-electron chi connectivity index (χ4n) is 1.91. The van der Waals surface area contributed by atoms with Crippen molar-refractivity contribution in [2.75, 3.05) is 12.4 Å². The van der Waals surface area contributed by atoms with E-state index in [1.54, 1.807) is 0 Å². The minimum Gasteiger partial charge on any atom is -0.429 e. The van der Waals surface area contributed by atoms with Crippen molar-refractivity contribution in [1.82, 2.24) is 4.98 Å². The Morgan fingerprint density at radius 2 is 1.94 bits per heavy atom. The van der Waals surface area contributed by atoms with Gasteiger partial charge in [0.1, 0.15) is 5.76 Å². The molecule has 0 spiro atoms. The molecule has 0 saturated carbocycles. The van der Waals surface area contributed by atoms with E-state index in [9.17, 15) is 0 Å². The Bertz CT molecular complexity index is 503. The number of oxazole rings is 1. The van der Waals surface area contributed by atoms with Gasteiger partial charge in [-0.05, 0) is 37.8 Å². The number of aromatic nitrogens is 1. The minimum absolute atomic E-state index is 0.599. The molecule has 0 aliphatic heterocycles. The van der Waals surface area contributed by atoms with Gasteiger partial charge in [-0.25, -0.2) is 0 Å². The lowest BCUT2D eigenvalue weighted by molar-refractivity contribution is 0.540. The highest BCUT2D eigenvalue weighted by atomic mass is 16.4. The van der Waals surface area contributed by atoms with Gasteiger partial charge in [0.05, 0.1) is 5.69 Å². The number of nitrogens with one attached hydrogen (secondary N) is 1. The van der Waals surface area contributed by atoms with E-state index in [1.165, 1.54) is 11.1 Å². The van der Waals surface area contributed by atoms with E-state index in [-0.39, 0.29) is 0 Å². The minimum atomic E-state index is 0.599. The molecule has 0 aliphatic rings. The summed E-state index contributed by atoms with van der Waals surface area (Å²) >= 11 is 0. The molecule has 1 aromatic carbocycles. The van der Waals surface area contributed by atoms with Crippen LogP contribution >= 0.6 is 0 Å². The van der Waals surface area contributed by atoms with Crippen molar-refractivity contribution in [2.45, 2.75) is 26.7 Å². The van der Waals surface area contributed by atoms with Gasteiger partial charge in [0.15, 0.2) is 0 Å². The monoisotopic (exact) mass is 230 g/mol. The first kappa shape index (κ1) is 11.7. The topological polar surface area (TPSA) is 38.1 Å². The third-order valence-electron chi connectivity index (χ3n) is 3.00. The Morgan fingerprint density at radius 3 is 2.59 bits per heavy atom. The number of rotatable bonds is 4. The summed E-state index contributed by atoms with van der Waals surface area (Å²) in [4.78, 5) is 4.40. The Kier molecular flexibility index (Phi) is 3.47. The number of anilines is 1. The largest absolute Gasteiger partial charge is 0.429 e. The van der Waals surface area contributed by atoms with E-state index in [4.69, 9.17) is 4.42 Å². The van der Waals surface area contributed by atoms with E-state index in [0.29, 0.717) is 6.01 Å². The molecule has 0 unspecified atom stereocenters. The van der Waals surface area contributed by atoms with Crippen LogP contribution in [-0.4, -0.2) is 12.0 Å². The van der Waals surface area contributed by atoms with Gasteiger partial charge in [-0.2, -0.15) is 4.98 Å². The molecule has 17 heavy (non-hydrogen) atoms. The highest BCUT2D eigenvalue weighted by Gasteiger charge is 2.08. The van der Waals surface area contributed by atoms with E-state index in [1.807, 2.05) is 14.0 Å². The number of benzene rings is 1. The van der Waals surface area contributed by atoms with Crippen LogP contribution in [0.25, 0.3) is 0 Å². The molecule has 0 amide bonds. The van der Waals surface area contributed by atoms with Gasteiger partial charge in [-0.15, -0.1) is 0 Å². The van der Waals surface area contributed by atoms with Crippen LogP contribution in [-0.2, 0) is 12.8 Å². The summed E-state index contributed by atoms with van der Waals surface area (Å²) in [5, 5.41) is 2.92. The number of hydrogen-bond donors (Lipinski definition) is 1. The average molecular weight is 230 g/mol. The Labute approximate surface area is 102 Å². The lowest BCUT2D eigenvalue weighted by atomic mass is 10.0. The molecule has 1 heterocycles. The SMILES string of the molecule is CNc1nc(CCc2ccccc2C)c(C)o1. The first-order valence-corrected chi connectivity index (χ1v) is 5.89. The summed E-state index contributed by atoms with van der Waals surface area (Å²) in [5.41, 5.74) is 3.75. The van der Waals surface area contributed by atoms with Gasteiger partial charge in [-0.1, -0.05) is 24.3 Å². The second-order valence-corrected chi connectivity index (χ2v) is 4.20. The number of nitrogens with zero attached hydrogens (tertiary/aromatic N) is 1. The van der Waals surface area contributed by atoms with Crippen LogP contribution in [0.2, 0.25) is 0 Å². The van der Waals surface area contributed by atoms with E-state index in [2.05, 4.69) is 41.5 Å². The summed E-state index contributed by atoms with van der Waals surface area (Å²) in [5.74, 6) is 0.905. The normalized spacial score (nSPS) is 10.5. The summed E-state index contributed by atoms with van der Waals surface area (Å²) in [6.45, 7) is 4.10.